The molecular formula is C12H22NO3. The van der Waals surface area contributed by atoms with Gasteiger partial charge in [0, 0.05) is 6.42 Å². The van der Waals surface area contributed by atoms with Crippen LogP contribution in [0.2, 0.25) is 0 Å². The molecule has 0 aromatic carbocycles. The lowest BCUT2D eigenvalue weighted by Gasteiger charge is -2.01. The summed E-state index contributed by atoms with van der Waals surface area (Å²) in [6.07, 6.45) is 9.11. The van der Waals surface area contributed by atoms with E-state index in [0.717, 1.165) is 32.1 Å². The minimum absolute atomic E-state index is 0.406. The summed E-state index contributed by atoms with van der Waals surface area (Å²) in [6, 6.07) is 0. The van der Waals surface area contributed by atoms with E-state index >= 15 is 0 Å². The first-order chi connectivity index (χ1) is 7.77. The molecule has 0 atom stereocenters. The van der Waals surface area contributed by atoms with Crippen molar-refractivity contribution < 1.29 is 14.3 Å². The molecule has 4 nitrogen and oxygen atoms in total. The van der Waals surface area contributed by atoms with Crippen LogP contribution in [0.5, 0.6) is 0 Å². The van der Waals surface area contributed by atoms with Gasteiger partial charge in [-0.3, -0.25) is 15.3 Å². The van der Waals surface area contributed by atoms with Crippen LogP contribution in [0.4, 0.5) is 0 Å². The number of carbonyl (C=O) groups is 2. The van der Waals surface area contributed by atoms with Crippen LogP contribution in [-0.2, 0) is 14.3 Å². The van der Waals surface area contributed by atoms with E-state index in [1.165, 1.54) is 19.3 Å². The molecule has 1 radical (unpaired) electrons. The molecule has 0 saturated carbocycles. The van der Waals surface area contributed by atoms with Crippen LogP contribution >= 0.6 is 0 Å². The Morgan fingerprint density at radius 2 is 1.44 bits per heavy atom. The summed E-state index contributed by atoms with van der Waals surface area (Å²) in [7, 11) is 0. The molecule has 0 bridgehead atoms. The summed E-state index contributed by atoms with van der Waals surface area (Å²) in [5.41, 5.74) is 6.73. The van der Waals surface area contributed by atoms with E-state index in [4.69, 9.17) is 5.73 Å². The van der Waals surface area contributed by atoms with Gasteiger partial charge < -0.3 is 4.74 Å². The van der Waals surface area contributed by atoms with Crippen molar-refractivity contribution in [2.75, 3.05) is 6.61 Å². The number of hydrogen-bond donors (Lipinski definition) is 0. The third kappa shape index (κ3) is 12.9. The maximum absolute atomic E-state index is 10.3. The quantitative estimate of drug-likeness (QED) is 0.380. The van der Waals surface area contributed by atoms with Gasteiger partial charge >= 0.3 is 0 Å². The fourth-order valence-electron chi connectivity index (χ4n) is 1.58. The summed E-state index contributed by atoms with van der Waals surface area (Å²) in [6.45, 7) is 1.03. The number of ether oxygens (including phenoxy) is 1. The molecule has 0 aliphatic rings. The average Bonchev–Trinajstić information content (AvgIpc) is 2.25. The van der Waals surface area contributed by atoms with E-state index in [1.807, 2.05) is 0 Å². The Balaban J connectivity index is 2.93. The molecule has 0 heterocycles. The van der Waals surface area contributed by atoms with Gasteiger partial charge in [0.2, 0.25) is 5.91 Å². The predicted molar refractivity (Wildman–Crippen MR) is 61.7 cm³/mol. The number of amides is 1. The van der Waals surface area contributed by atoms with Crippen molar-refractivity contribution in [2.24, 2.45) is 0 Å². The van der Waals surface area contributed by atoms with Gasteiger partial charge in [-0.05, 0) is 12.8 Å². The van der Waals surface area contributed by atoms with Gasteiger partial charge in [0.05, 0.1) is 6.61 Å². The molecule has 0 aliphatic heterocycles. The summed E-state index contributed by atoms with van der Waals surface area (Å²) >= 11 is 0. The SMILES string of the molecule is [NH]C(=O)CCCCCCCCCCOC=O. The van der Waals surface area contributed by atoms with Crippen molar-refractivity contribution in [1.82, 2.24) is 5.73 Å². The summed E-state index contributed by atoms with van der Waals surface area (Å²) in [5, 5.41) is 0. The highest BCUT2D eigenvalue weighted by Crippen LogP contribution is 2.09. The first kappa shape index (κ1) is 14.9. The van der Waals surface area contributed by atoms with E-state index in [2.05, 4.69) is 4.74 Å². The predicted octanol–water partition coefficient (Wildman–Crippen LogP) is 2.48. The topological polar surface area (TPSA) is 67.2 Å². The largest absolute Gasteiger partial charge is 0.468 e. The standard InChI is InChI=1S/C12H22NO3/c13-12(15)9-7-5-3-1-2-4-6-8-10-16-11-14/h11,13H,1-10H2. The van der Waals surface area contributed by atoms with Gasteiger partial charge in [-0.25, -0.2) is 0 Å². The van der Waals surface area contributed by atoms with E-state index in [1.54, 1.807) is 0 Å². The molecule has 0 unspecified atom stereocenters. The molecule has 16 heavy (non-hydrogen) atoms. The molecule has 0 saturated heterocycles. The van der Waals surface area contributed by atoms with Crippen molar-refractivity contribution in [3.63, 3.8) is 0 Å². The monoisotopic (exact) mass is 228 g/mol. The second-order valence-corrected chi connectivity index (χ2v) is 3.97. The highest BCUT2D eigenvalue weighted by Gasteiger charge is 1.95. The van der Waals surface area contributed by atoms with Crippen LogP contribution in [0, 0.1) is 0 Å². The molecule has 4 heteroatoms. The summed E-state index contributed by atoms with van der Waals surface area (Å²) in [5.74, 6) is -0.449. The van der Waals surface area contributed by atoms with Crippen molar-refractivity contribution >= 4 is 12.4 Å². The van der Waals surface area contributed by atoms with Crippen LogP contribution in [0.3, 0.4) is 0 Å². The zero-order chi connectivity index (χ0) is 12.1. The number of nitrogens with one attached hydrogen (secondary N) is 1. The van der Waals surface area contributed by atoms with Crippen molar-refractivity contribution in [2.45, 2.75) is 57.8 Å². The molecule has 0 aliphatic carbocycles. The molecule has 1 N–H and O–H groups in total. The number of carbonyl (C=O) groups excluding carboxylic acids is 2. The Kier molecular flexibility index (Phi) is 11.2. The second kappa shape index (κ2) is 12.0. The third-order valence-corrected chi connectivity index (χ3v) is 2.48. The molecule has 93 valence electrons. The second-order valence-electron chi connectivity index (χ2n) is 3.97. The lowest BCUT2D eigenvalue weighted by molar-refractivity contribution is -0.128. The van der Waals surface area contributed by atoms with E-state index in [9.17, 15) is 9.59 Å². The zero-order valence-corrected chi connectivity index (χ0v) is 9.87. The fraction of sp³-hybridized carbons (Fsp3) is 0.833. The van der Waals surface area contributed by atoms with E-state index in [-0.39, 0.29) is 0 Å². The summed E-state index contributed by atoms with van der Waals surface area (Å²) in [4.78, 5) is 20.2. The van der Waals surface area contributed by atoms with Crippen LogP contribution in [0.25, 0.3) is 0 Å². The lowest BCUT2D eigenvalue weighted by Crippen LogP contribution is -1.96. The van der Waals surface area contributed by atoms with E-state index in [0.29, 0.717) is 19.5 Å². The van der Waals surface area contributed by atoms with Crippen LogP contribution < -0.4 is 5.73 Å². The molecular weight excluding hydrogens is 206 g/mol. The van der Waals surface area contributed by atoms with Crippen LogP contribution in [0.1, 0.15) is 57.8 Å². The minimum atomic E-state index is -0.449. The minimum Gasteiger partial charge on any atom is -0.468 e. The lowest BCUT2D eigenvalue weighted by atomic mass is 10.1. The Morgan fingerprint density at radius 1 is 0.938 bits per heavy atom. The van der Waals surface area contributed by atoms with Gasteiger partial charge in [-0.15, -0.1) is 0 Å². The summed E-state index contributed by atoms with van der Waals surface area (Å²) < 4.78 is 4.59. The Labute approximate surface area is 97.5 Å². The third-order valence-electron chi connectivity index (χ3n) is 2.48. The highest BCUT2D eigenvalue weighted by atomic mass is 16.5. The Morgan fingerprint density at radius 3 is 1.94 bits per heavy atom. The van der Waals surface area contributed by atoms with Gasteiger partial charge in [0.15, 0.2) is 0 Å². The molecule has 1 amide bonds. The molecule has 0 aromatic heterocycles. The van der Waals surface area contributed by atoms with Crippen molar-refractivity contribution in [3.05, 3.63) is 0 Å². The Bertz CT molecular complexity index is 183. The zero-order valence-electron chi connectivity index (χ0n) is 9.87. The highest BCUT2D eigenvalue weighted by molar-refractivity contribution is 5.72. The number of rotatable bonds is 12. The Hall–Kier alpha value is -1.06. The van der Waals surface area contributed by atoms with Crippen molar-refractivity contribution in [3.8, 4) is 0 Å². The van der Waals surface area contributed by atoms with E-state index < -0.39 is 5.91 Å². The first-order valence-electron chi connectivity index (χ1n) is 6.07. The maximum atomic E-state index is 10.3. The van der Waals surface area contributed by atoms with Gasteiger partial charge in [0.25, 0.3) is 6.47 Å². The van der Waals surface area contributed by atoms with Gasteiger partial charge in [0.1, 0.15) is 0 Å². The number of unbranched alkanes of at least 4 members (excludes halogenated alkanes) is 7. The van der Waals surface area contributed by atoms with Crippen LogP contribution in [-0.4, -0.2) is 19.0 Å². The molecule has 0 spiro atoms. The van der Waals surface area contributed by atoms with Crippen LogP contribution in [0.15, 0.2) is 0 Å². The smallest absolute Gasteiger partial charge is 0.293 e. The van der Waals surface area contributed by atoms with Gasteiger partial charge in [-0.2, -0.15) is 0 Å². The average molecular weight is 228 g/mol. The molecule has 0 aromatic rings. The molecule has 0 rings (SSSR count). The normalized spacial score (nSPS) is 10.0. The van der Waals surface area contributed by atoms with Crippen molar-refractivity contribution in [1.29, 1.82) is 0 Å². The van der Waals surface area contributed by atoms with Gasteiger partial charge in [-0.1, -0.05) is 38.5 Å². The number of hydrogen-bond acceptors (Lipinski definition) is 3. The first-order valence-corrected chi connectivity index (χ1v) is 6.07. The fourth-order valence-corrected chi connectivity index (χ4v) is 1.58. The molecule has 0 fully saturated rings. The maximum Gasteiger partial charge on any atom is 0.293 e.